The van der Waals surface area contributed by atoms with E-state index in [-0.39, 0.29) is 11.9 Å². The van der Waals surface area contributed by atoms with Crippen LogP contribution in [0.1, 0.15) is 29.2 Å². The van der Waals surface area contributed by atoms with E-state index in [1.54, 1.807) is 6.20 Å². The van der Waals surface area contributed by atoms with Crippen LogP contribution in [-0.4, -0.2) is 47.2 Å². The van der Waals surface area contributed by atoms with Gasteiger partial charge in [-0.15, -0.1) is 0 Å². The Hall–Kier alpha value is -2.67. The smallest absolute Gasteiger partial charge is 0.220 e. The molecule has 1 fully saturated rings. The molecule has 0 saturated carbocycles. The third kappa shape index (κ3) is 3.02. The number of nitrogen functional groups attached to an aromatic ring is 1. The molecule has 2 aliphatic rings. The molecule has 3 N–H and O–H groups in total. The fourth-order valence-corrected chi connectivity index (χ4v) is 3.72. The van der Waals surface area contributed by atoms with Crippen LogP contribution in [0.3, 0.4) is 0 Å². The van der Waals surface area contributed by atoms with Gasteiger partial charge in [-0.25, -0.2) is 9.97 Å². The zero-order valence-electron chi connectivity index (χ0n) is 13.9. The number of hydrogen-bond donors (Lipinski definition) is 2. The molecule has 1 aromatic heterocycles. The SMILES string of the molecule is Nc1ncc2c(n1)CC(c1ccccc1N1CCOCC1)CC2=NO. The standard InChI is InChI=1S/C18H21N5O2/c19-18-20-11-14-15(21-18)9-12(10-16(14)22-24)13-3-1-2-4-17(13)23-5-7-25-8-6-23/h1-4,11-12,24H,5-10H2,(H2,19,20,21). The fraction of sp³-hybridized carbons (Fsp3) is 0.389. The van der Waals surface area contributed by atoms with Crippen molar-refractivity contribution < 1.29 is 9.94 Å². The summed E-state index contributed by atoms with van der Waals surface area (Å²) in [6.45, 7) is 3.26. The van der Waals surface area contributed by atoms with E-state index in [0.717, 1.165) is 44.0 Å². The van der Waals surface area contributed by atoms with Gasteiger partial charge in [0.25, 0.3) is 0 Å². The zero-order valence-corrected chi connectivity index (χ0v) is 13.9. The Kier molecular flexibility index (Phi) is 4.23. The number of oxime groups is 1. The second kappa shape index (κ2) is 6.68. The summed E-state index contributed by atoms with van der Waals surface area (Å²) in [7, 11) is 0. The summed E-state index contributed by atoms with van der Waals surface area (Å²) < 4.78 is 5.48. The molecule has 2 heterocycles. The average molecular weight is 339 g/mol. The van der Waals surface area contributed by atoms with Gasteiger partial charge in [0.05, 0.1) is 24.6 Å². The van der Waals surface area contributed by atoms with Gasteiger partial charge in [0.1, 0.15) is 0 Å². The van der Waals surface area contributed by atoms with Crippen molar-refractivity contribution in [3.63, 3.8) is 0 Å². The Balaban J connectivity index is 1.71. The summed E-state index contributed by atoms with van der Waals surface area (Å²) in [4.78, 5) is 10.8. The number of morpholine rings is 1. The van der Waals surface area contributed by atoms with Crippen LogP contribution < -0.4 is 10.6 Å². The molecular formula is C18H21N5O2. The summed E-state index contributed by atoms with van der Waals surface area (Å²) >= 11 is 0. The van der Waals surface area contributed by atoms with Gasteiger partial charge in [-0.2, -0.15) is 0 Å². The second-order valence-electron chi connectivity index (χ2n) is 6.40. The highest BCUT2D eigenvalue weighted by Crippen LogP contribution is 2.37. The number of benzene rings is 1. The van der Waals surface area contributed by atoms with E-state index in [4.69, 9.17) is 10.5 Å². The van der Waals surface area contributed by atoms with Crippen molar-refractivity contribution in [2.45, 2.75) is 18.8 Å². The molecule has 1 unspecified atom stereocenters. The van der Waals surface area contributed by atoms with Crippen molar-refractivity contribution in [2.24, 2.45) is 5.16 Å². The van der Waals surface area contributed by atoms with Crippen molar-refractivity contribution in [3.05, 3.63) is 47.3 Å². The average Bonchev–Trinajstić information content (AvgIpc) is 2.67. The van der Waals surface area contributed by atoms with Crippen molar-refractivity contribution in [3.8, 4) is 0 Å². The normalized spacial score (nSPS) is 22.0. The van der Waals surface area contributed by atoms with Gasteiger partial charge in [0, 0.05) is 37.0 Å². The van der Waals surface area contributed by atoms with E-state index in [1.807, 2.05) is 0 Å². The van der Waals surface area contributed by atoms with Gasteiger partial charge in [0.2, 0.25) is 5.95 Å². The fourth-order valence-electron chi connectivity index (χ4n) is 3.72. The minimum atomic E-state index is 0.187. The predicted octanol–water partition coefficient (Wildman–Crippen LogP) is 1.80. The number of ether oxygens (including phenoxy) is 1. The number of anilines is 2. The summed E-state index contributed by atoms with van der Waals surface area (Å²) in [6, 6.07) is 8.42. The Morgan fingerprint density at radius 2 is 2.00 bits per heavy atom. The van der Waals surface area contributed by atoms with E-state index in [9.17, 15) is 5.21 Å². The lowest BCUT2D eigenvalue weighted by atomic mass is 9.81. The van der Waals surface area contributed by atoms with Crippen molar-refractivity contribution >= 4 is 17.3 Å². The van der Waals surface area contributed by atoms with Gasteiger partial charge in [0.15, 0.2) is 0 Å². The second-order valence-corrected chi connectivity index (χ2v) is 6.40. The van der Waals surface area contributed by atoms with Gasteiger partial charge >= 0.3 is 0 Å². The van der Waals surface area contributed by atoms with E-state index >= 15 is 0 Å². The molecule has 1 atom stereocenters. The van der Waals surface area contributed by atoms with E-state index in [2.05, 4.69) is 44.3 Å². The summed E-state index contributed by atoms with van der Waals surface area (Å²) in [5.74, 6) is 0.435. The van der Waals surface area contributed by atoms with E-state index in [0.29, 0.717) is 12.1 Å². The number of para-hydroxylation sites is 1. The minimum absolute atomic E-state index is 0.187. The monoisotopic (exact) mass is 339 g/mol. The highest BCUT2D eigenvalue weighted by molar-refractivity contribution is 6.02. The molecule has 1 aliphatic heterocycles. The zero-order chi connectivity index (χ0) is 17.2. The maximum atomic E-state index is 9.46. The summed E-state index contributed by atoms with van der Waals surface area (Å²) in [6.07, 6.45) is 3.05. The molecule has 0 radical (unpaired) electrons. The molecule has 2 aromatic rings. The van der Waals surface area contributed by atoms with Crippen LogP contribution in [0.15, 0.2) is 35.6 Å². The molecule has 25 heavy (non-hydrogen) atoms. The molecule has 0 bridgehead atoms. The van der Waals surface area contributed by atoms with Crippen LogP contribution >= 0.6 is 0 Å². The molecule has 1 aliphatic carbocycles. The lowest BCUT2D eigenvalue weighted by molar-refractivity contribution is 0.122. The number of hydrogen-bond acceptors (Lipinski definition) is 7. The molecule has 7 heteroatoms. The molecule has 130 valence electrons. The third-order valence-electron chi connectivity index (χ3n) is 4.93. The molecular weight excluding hydrogens is 318 g/mol. The van der Waals surface area contributed by atoms with Crippen LogP contribution in [-0.2, 0) is 11.2 Å². The van der Waals surface area contributed by atoms with Gasteiger partial charge in [-0.3, -0.25) is 0 Å². The molecule has 1 aromatic carbocycles. The largest absolute Gasteiger partial charge is 0.411 e. The van der Waals surface area contributed by atoms with Crippen molar-refractivity contribution in [1.29, 1.82) is 0 Å². The Morgan fingerprint density at radius 1 is 1.20 bits per heavy atom. The Morgan fingerprint density at radius 3 is 2.80 bits per heavy atom. The summed E-state index contributed by atoms with van der Waals surface area (Å²) in [5, 5.41) is 13.0. The van der Waals surface area contributed by atoms with Gasteiger partial charge in [-0.05, 0) is 24.0 Å². The number of fused-ring (bicyclic) bond motifs is 1. The number of aromatic nitrogens is 2. The quantitative estimate of drug-likeness (QED) is 0.640. The highest BCUT2D eigenvalue weighted by Gasteiger charge is 2.29. The lowest BCUT2D eigenvalue weighted by Crippen LogP contribution is -2.37. The molecule has 4 rings (SSSR count). The number of nitrogens with two attached hydrogens (primary N) is 1. The Labute approximate surface area is 146 Å². The van der Waals surface area contributed by atoms with Crippen molar-refractivity contribution in [2.75, 3.05) is 36.9 Å². The topological polar surface area (TPSA) is 96.9 Å². The molecule has 0 spiro atoms. The number of nitrogens with zero attached hydrogens (tertiary/aromatic N) is 4. The van der Waals surface area contributed by atoms with Crippen LogP contribution in [0.5, 0.6) is 0 Å². The Bertz CT molecular complexity index is 802. The molecule has 0 amide bonds. The van der Waals surface area contributed by atoms with Crippen LogP contribution in [0.4, 0.5) is 11.6 Å². The highest BCUT2D eigenvalue weighted by atomic mass is 16.5. The maximum Gasteiger partial charge on any atom is 0.220 e. The molecule has 1 saturated heterocycles. The van der Waals surface area contributed by atoms with Crippen LogP contribution in [0.25, 0.3) is 0 Å². The first-order chi connectivity index (χ1) is 12.3. The van der Waals surface area contributed by atoms with Crippen LogP contribution in [0, 0.1) is 0 Å². The van der Waals surface area contributed by atoms with E-state index in [1.165, 1.54) is 11.3 Å². The maximum absolute atomic E-state index is 9.46. The number of rotatable bonds is 2. The lowest BCUT2D eigenvalue weighted by Gasteiger charge is -2.33. The minimum Gasteiger partial charge on any atom is -0.411 e. The summed E-state index contributed by atoms with van der Waals surface area (Å²) in [5.41, 5.74) is 10.5. The first-order valence-corrected chi connectivity index (χ1v) is 8.50. The van der Waals surface area contributed by atoms with Crippen molar-refractivity contribution in [1.82, 2.24) is 9.97 Å². The van der Waals surface area contributed by atoms with Gasteiger partial charge < -0.3 is 20.6 Å². The molecule has 7 nitrogen and oxygen atoms in total. The predicted molar refractivity (Wildman–Crippen MR) is 95.3 cm³/mol. The first kappa shape index (κ1) is 15.8. The van der Waals surface area contributed by atoms with Crippen LogP contribution in [0.2, 0.25) is 0 Å². The van der Waals surface area contributed by atoms with Gasteiger partial charge in [-0.1, -0.05) is 23.4 Å². The van der Waals surface area contributed by atoms with E-state index < -0.39 is 0 Å². The third-order valence-corrected chi connectivity index (χ3v) is 4.93. The first-order valence-electron chi connectivity index (χ1n) is 8.50.